The first-order valence-corrected chi connectivity index (χ1v) is 7.67. The van der Waals surface area contributed by atoms with Crippen LogP contribution < -0.4 is 4.74 Å². The van der Waals surface area contributed by atoms with Crippen molar-refractivity contribution in [3.05, 3.63) is 69.8 Å². The Labute approximate surface area is 148 Å². The Morgan fingerprint density at radius 1 is 1.12 bits per heavy atom. The van der Waals surface area contributed by atoms with Crippen molar-refractivity contribution in [1.29, 1.82) is 0 Å². The molecule has 0 aromatic heterocycles. The average molecular weight is 370 g/mol. The number of methoxy groups -OCH3 is 1. The van der Waals surface area contributed by atoms with E-state index in [1.165, 1.54) is 25.3 Å². The Morgan fingerprint density at radius 3 is 2.29 bits per heavy atom. The quantitative estimate of drug-likeness (QED) is 0.332. The van der Waals surface area contributed by atoms with Gasteiger partial charge in [0.25, 0.3) is 5.69 Å². The number of benzene rings is 2. The highest BCUT2D eigenvalue weighted by molar-refractivity contribution is 6.52. The van der Waals surface area contributed by atoms with Gasteiger partial charge in [-0.1, -0.05) is 47.5 Å². The molecule has 0 spiro atoms. The van der Waals surface area contributed by atoms with Gasteiger partial charge < -0.3 is 9.47 Å². The molecule has 0 N–H and O–H groups in total. The predicted molar refractivity (Wildman–Crippen MR) is 89.5 cm³/mol. The van der Waals surface area contributed by atoms with E-state index in [4.69, 9.17) is 32.7 Å². The number of nitro benzene ring substituents is 1. The van der Waals surface area contributed by atoms with Gasteiger partial charge in [0.15, 0.2) is 6.10 Å². The third-order valence-electron chi connectivity index (χ3n) is 3.25. The number of nitrogens with zero attached hydrogens (tertiary/aromatic N) is 1. The van der Waals surface area contributed by atoms with Crippen LogP contribution in [-0.4, -0.2) is 22.8 Å². The molecule has 0 saturated heterocycles. The van der Waals surface area contributed by atoms with Gasteiger partial charge in [-0.3, -0.25) is 10.1 Å². The largest absolute Gasteiger partial charge is 0.497 e. The molecule has 0 heterocycles. The molecule has 2 aromatic rings. The zero-order valence-corrected chi connectivity index (χ0v) is 14.0. The van der Waals surface area contributed by atoms with E-state index >= 15 is 0 Å². The molecule has 6 nitrogen and oxygen atoms in total. The van der Waals surface area contributed by atoms with E-state index in [2.05, 4.69) is 0 Å². The highest BCUT2D eigenvalue weighted by Gasteiger charge is 2.28. The molecule has 2 aromatic carbocycles. The summed E-state index contributed by atoms with van der Waals surface area (Å²) in [7, 11) is 1.51. The average Bonchev–Trinajstić information content (AvgIpc) is 2.59. The number of rotatable bonds is 6. The third-order valence-corrected chi connectivity index (χ3v) is 3.60. The van der Waals surface area contributed by atoms with Crippen molar-refractivity contribution in [2.75, 3.05) is 7.11 Å². The van der Waals surface area contributed by atoms with E-state index in [-0.39, 0.29) is 11.3 Å². The second kappa shape index (κ2) is 7.99. The Bertz CT molecular complexity index is 734. The van der Waals surface area contributed by atoms with Crippen LogP contribution in [0, 0.1) is 10.1 Å². The molecule has 0 amide bonds. The van der Waals surface area contributed by atoms with E-state index < -0.39 is 21.8 Å². The molecule has 1 atom stereocenters. The Kier molecular flexibility index (Phi) is 6.00. The fraction of sp³-hybridized carbons (Fsp3) is 0.188. The number of hydrogen-bond acceptors (Lipinski definition) is 5. The minimum Gasteiger partial charge on any atom is -0.497 e. The van der Waals surface area contributed by atoms with Gasteiger partial charge in [0, 0.05) is 6.07 Å². The normalized spacial score (nSPS) is 11.8. The minimum atomic E-state index is -1.39. The third kappa shape index (κ3) is 4.15. The SMILES string of the molecule is COc1ccc(C(OC(=O)C(Cl)Cl)c2ccccc2[N+](=O)[O-])cc1. The van der Waals surface area contributed by atoms with E-state index in [0.29, 0.717) is 11.3 Å². The van der Waals surface area contributed by atoms with Crippen LogP contribution in [0.1, 0.15) is 17.2 Å². The van der Waals surface area contributed by atoms with Crippen LogP contribution in [0.15, 0.2) is 48.5 Å². The first-order valence-electron chi connectivity index (χ1n) is 6.80. The zero-order chi connectivity index (χ0) is 17.7. The molecule has 0 fully saturated rings. The molecule has 1 unspecified atom stereocenters. The van der Waals surface area contributed by atoms with Crippen LogP contribution in [0.3, 0.4) is 0 Å². The monoisotopic (exact) mass is 369 g/mol. The summed E-state index contributed by atoms with van der Waals surface area (Å²) in [5.74, 6) is -0.295. The minimum absolute atomic E-state index is 0.174. The van der Waals surface area contributed by atoms with Gasteiger partial charge >= 0.3 is 5.97 Å². The van der Waals surface area contributed by atoms with Crippen molar-refractivity contribution in [1.82, 2.24) is 0 Å². The van der Waals surface area contributed by atoms with E-state index in [9.17, 15) is 14.9 Å². The summed E-state index contributed by atoms with van der Waals surface area (Å²) in [6.07, 6.45) is -1.02. The summed E-state index contributed by atoms with van der Waals surface area (Å²) < 4.78 is 10.4. The topological polar surface area (TPSA) is 78.7 Å². The van der Waals surface area contributed by atoms with Gasteiger partial charge in [-0.25, -0.2) is 4.79 Å². The maximum absolute atomic E-state index is 11.8. The van der Waals surface area contributed by atoms with Crippen molar-refractivity contribution in [3.63, 3.8) is 0 Å². The molecular formula is C16H13Cl2NO5. The van der Waals surface area contributed by atoms with Crippen molar-refractivity contribution in [3.8, 4) is 5.75 Å². The second-order valence-electron chi connectivity index (χ2n) is 4.71. The first kappa shape index (κ1) is 18.0. The lowest BCUT2D eigenvalue weighted by molar-refractivity contribution is -0.386. The van der Waals surface area contributed by atoms with E-state index in [0.717, 1.165) is 0 Å². The highest BCUT2D eigenvalue weighted by Crippen LogP contribution is 2.34. The van der Waals surface area contributed by atoms with Crippen LogP contribution in [0.4, 0.5) is 5.69 Å². The van der Waals surface area contributed by atoms with Crippen molar-refractivity contribution >= 4 is 34.9 Å². The van der Waals surface area contributed by atoms with Crippen LogP contribution in [-0.2, 0) is 9.53 Å². The number of hydrogen-bond donors (Lipinski definition) is 0. The molecule has 0 radical (unpaired) electrons. The maximum atomic E-state index is 11.8. The molecule has 126 valence electrons. The lowest BCUT2D eigenvalue weighted by atomic mass is 9.99. The molecule has 2 rings (SSSR count). The number of alkyl halides is 2. The number of halogens is 2. The number of ether oxygens (including phenoxy) is 2. The van der Waals surface area contributed by atoms with Crippen LogP contribution in [0.5, 0.6) is 5.75 Å². The number of para-hydroxylation sites is 1. The summed E-state index contributed by atoms with van der Waals surface area (Å²) in [6.45, 7) is 0. The zero-order valence-electron chi connectivity index (χ0n) is 12.5. The van der Waals surface area contributed by atoms with Crippen molar-refractivity contribution in [2.45, 2.75) is 10.9 Å². The van der Waals surface area contributed by atoms with Crippen molar-refractivity contribution < 1.29 is 19.2 Å². The molecule has 0 aliphatic heterocycles. The van der Waals surface area contributed by atoms with Gasteiger partial charge in [-0.05, 0) is 23.8 Å². The van der Waals surface area contributed by atoms with E-state index in [1.54, 1.807) is 30.3 Å². The predicted octanol–water partition coefficient (Wildman–Crippen LogP) is 4.04. The number of carbonyl (C=O) groups is 1. The van der Waals surface area contributed by atoms with Crippen LogP contribution in [0.2, 0.25) is 0 Å². The van der Waals surface area contributed by atoms with Crippen LogP contribution in [0.25, 0.3) is 0 Å². The fourth-order valence-corrected chi connectivity index (χ4v) is 2.24. The molecule has 24 heavy (non-hydrogen) atoms. The van der Waals surface area contributed by atoms with Crippen LogP contribution >= 0.6 is 23.2 Å². The Hall–Kier alpha value is -2.31. The molecular weight excluding hydrogens is 357 g/mol. The number of esters is 1. The molecule has 0 saturated carbocycles. The van der Waals surface area contributed by atoms with Gasteiger partial charge in [-0.2, -0.15) is 0 Å². The lowest BCUT2D eigenvalue weighted by Crippen LogP contribution is -2.18. The second-order valence-corrected chi connectivity index (χ2v) is 5.80. The van der Waals surface area contributed by atoms with Gasteiger partial charge in [0.1, 0.15) is 5.75 Å². The molecule has 0 aliphatic carbocycles. The van der Waals surface area contributed by atoms with Gasteiger partial charge in [-0.15, -0.1) is 0 Å². The Morgan fingerprint density at radius 2 is 1.75 bits per heavy atom. The van der Waals surface area contributed by atoms with Crippen molar-refractivity contribution in [2.24, 2.45) is 0 Å². The summed E-state index contributed by atoms with van der Waals surface area (Å²) in [5.41, 5.74) is 0.564. The number of carbonyl (C=O) groups excluding carboxylic acids is 1. The summed E-state index contributed by atoms with van der Waals surface area (Å²) >= 11 is 11.1. The Balaban J connectivity index is 2.50. The smallest absolute Gasteiger partial charge is 0.340 e. The summed E-state index contributed by atoms with van der Waals surface area (Å²) in [5, 5.41) is 11.3. The molecule has 0 aliphatic rings. The standard InChI is InChI=1S/C16H13Cl2NO5/c1-23-11-8-6-10(7-9-11)14(24-16(20)15(17)18)12-4-2-3-5-13(12)19(21)22/h2-9,14-15H,1H3. The van der Waals surface area contributed by atoms with Gasteiger partial charge in [0.2, 0.25) is 4.84 Å². The van der Waals surface area contributed by atoms with E-state index in [1.807, 2.05) is 0 Å². The molecule has 8 heteroatoms. The lowest BCUT2D eigenvalue weighted by Gasteiger charge is -2.19. The summed E-state index contributed by atoms with van der Waals surface area (Å²) in [4.78, 5) is 21.2. The molecule has 0 bridgehead atoms. The fourth-order valence-electron chi connectivity index (χ4n) is 2.13. The number of nitro groups is 1. The summed E-state index contributed by atoms with van der Waals surface area (Å²) in [6, 6.07) is 12.6. The highest BCUT2D eigenvalue weighted by atomic mass is 35.5. The van der Waals surface area contributed by atoms with Gasteiger partial charge in [0.05, 0.1) is 17.6 Å². The maximum Gasteiger partial charge on any atom is 0.340 e. The first-order chi connectivity index (χ1) is 11.4.